The van der Waals surface area contributed by atoms with Crippen molar-refractivity contribution in [2.45, 2.75) is 0 Å². The van der Waals surface area contributed by atoms with Crippen molar-refractivity contribution in [3.05, 3.63) is 102 Å². The summed E-state index contributed by atoms with van der Waals surface area (Å²) in [4.78, 5) is 3.86. The SMILES string of the molecule is [C-]#[N+]c1ccc2c3cc4c(cc3n3c5ccccc5c1c23)c1ccc(C#N)c2c3ccccc3n4c12. The Morgan fingerprint density at radius 2 is 1.14 bits per heavy atom. The van der Waals surface area contributed by atoms with Crippen LogP contribution in [0.2, 0.25) is 0 Å². The number of hydrogen-bond donors (Lipinski definition) is 0. The third-order valence-electron chi connectivity index (χ3n) is 8.03. The van der Waals surface area contributed by atoms with Crippen molar-refractivity contribution < 1.29 is 0 Å². The van der Waals surface area contributed by atoms with E-state index in [9.17, 15) is 5.26 Å². The molecule has 0 amide bonds. The molecule has 0 aliphatic heterocycles. The van der Waals surface area contributed by atoms with Crippen molar-refractivity contribution >= 4 is 81.9 Å². The monoisotopic (exact) mass is 454 g/mol. The molecule has 0 N–H and O–H groups in total. The molecular formula is C32H14N4. The topological polar surface area (TPSA) is 37.0 Å². The van der Waals surface area contributed by atoms with E-state index in [1.807, 2.05) is 24.3 Å². The first kappa shape index (κ1) is 18.1. The Bertz CT molecular complexity index is 2310. The van der Waals surface area contributed by atoms with E-state index in [1.165, 1.54) is 10.8 Å². The Kier molecular flexibility index (Phi) is 2.93. The fourth-order valence-corrected chi connectivity index (χ4v) is 6.68. The second-order valence-corrected chi connectivity index (χ2v) is 9.56. The van der Waals surface area contributed by atoms with Crippen LogP contribution in [0, 0.1) is 17.9 Å². The molecule has 0 aliphatic carbocycles. The van der Waals surface area contributed by atoms with Crippen molar-refractivity contribution in [2.75, 3.05) is 0 Å². The molecule has 0 radical (unpaired) electrons. The molecule has 0 unspecified atom stereocenters. The van der Waals surface area contributed by atoms with E-state index in [1.54, 1.807) is 0 Å². The van der Waals surface area contributed by atoms with Crippen LogP contribution in [-0.4, -0.2) is 8.80 Å². The van der Waals surface area contributed by atoms with Gasteiger partial charge in [-0.05, 0) is 35.7 Å². The lowest BCUT2D eigenvalue weighted by molar-refractivity contribution is 1.36. The Labute approximate surface area is 203 Å². The molecule has 5 aromatic carbocycles. The average Bonchev–Trinajstić information content (AvgIpc) is 3.64. The van der Waals surface area contributed by atoms with Gasteiger partial charge in [0.2, 0.25) is 0 Å². The smallest absolute Gasteiger partial charge is 0.197 e. The van der Waals surface area contributed by atoms with Crippen molar-refractivity contribution in [3.8, 4) is 6.07 Å². The summed E-state index contributed by atoms with van der Waals surface area (Å²) in [6, 6.07) is 31.9. The van der Waals surface area contributed by atoms with E-state index < -0.39 is 0 Å². The van der Waals surface area contributed by atoms with Crippen LogP contribution < -0.4 is 0 Å². The highest BCUT2D eigenvalue weighted by molar-refractivity contribution is 6.30. The van der Waals surface area contributed by atoms with Gasteiger partial charge >= 0.3 is 0 Å². The number of para-hydroxylation sites is 2. The second-order valence-electron chi connectivity index (χ2n) is 9.56. The van der Waals surface area contributed by atoms with Gasteiger partial charge in [-0.2, -0.15) is 5.26 Å². The number of nitrogens with zero attached hydrogens (tertiary/aromatic N) is 4. The molecule has 0 bridgehead atoms. The van der Waals surface area contributed by atoms with E-state index in [0.29, 0.717) is 11.3 Å². The minimum atomic E-state index is 0.691. The molecule has 4 heteroatoms. The number of fused-ring (bicyclic) bond motifs is 12. The highest BCUT2D eigenvalue weighted by Gasteiger charge is 2.23. The van der Waals surface area contributed by atoms with Gasteiger partial charge in [0.25, 0.3) is 0 Å². The zero-order valence-electron chi connectivity index (χ0n) is 18.9. The molecule has 4 aromatic heterocycles. The number of aromatic nitrogens is 2. The van der Waals surface area contributed by atoms with E-state index in [0.717, 1.165) is 65.4 Å². The van der Waals surface area contributed by atoms with Crippen LogP contribution in [0.3, 0.4) is 0 Å². The molecule has 162 valence electrons. The summed E-state index contributed by atoms with van der Waals surface area (Å²) in [7, 11) is 0. The van der Waals surface area contributed by atoms with E-state index in [4.69, 9.17) is 6.57 Å². The maximum absolute atomic E-state index is 9.90. The van der Waals surface area contributed by atoms with Crippen LogP contribution in [-0.2, 0) is 0 Å². The number of hydrogen-bond acceptors (Lipinski definition) is 1. The van der Waals surface area contributed by atoms with Gasteiger partial charge in [0.05, 0.1) is 51.3 Å². The van der Waals surface area contributed by atoms with Crippen LogP contribution in [0.1, 0.15) is 5.56 Å². The van der Waals surface area contributed by atoms with Gasteiger partial charge in [-0.15, -0.1) is 0 Å². The van der Waals surface area contributed by atoms with E-state index in [-0.39, 0.29) is 0 Å². The van der Waals surface area contributed by atoms with Crippen LogP contribution in [0.5, 0.6) is 0 Å². The third kappa shape index (κ3) is 1.79. The lowest BCUT2D eigenvalue weighted by atomic mass is 10.0. The lowest BCUT2D eigenvalue weighted by Crippen LogP contribution is -1.82. The summed E-state index contributed by atoms with van der Waals surface area (Å²) < 4.78 is 4.66. The van der Waals surface area contributed by atoms with Crippen LogP contribution in [0.25, 0.3) is 81.0 Å². The molecule has 4 nitrogen and oxygen atoms in total. The Balaban J connectivity index is 1.61. The van der Waals surface area contributed by atoms with Crippen molar-refractivity contribution in [2.24, 2.45) is 0 Å². The molecule has 0 saturated heterocycles. The summed E-state index contributed by atoms with van der Waals surface area (Å²) in [6.07, 6.45) is 0. The maximum atomic E-state index is 9.90. The molecule has 0 spiro atoms. The lowest BCUT2D eigenvalue weighted by Gasteiger charge is -2.01. The molecule has 9 aromatic rings. The van der Waals surface area contributed by atoms with Gasteiger partial charge in [-0.3, -0.25) is 0 Å². The summed E-state index contributed by atoms with van der Waals surface area (Å²) in [5.74, 6) is 0. The summed E-state index contributed by atoms with van der Waals surface area (Å²) in [6.45, 7) is 7.80. The number of rotatable bonds is 0. The molecule has 36 heavy (non-hydrogen) atoms. The second kappa shape index (κ2) is 5.84. The largest absolute Gasteiger partial charge is 0.309 e. The fraction of sp³-hybridized carbons (Fsp3) is 0. The number of nitriles is 1. The number of benzene rings is 5. The average molecular weight is 454 g/mol. The normalized spacial score (nSPS) is 12.4. The molecule has 0 aliphatic rings. The van der Waals surface area contributed by atoms with Crippen molar-refractivity contribution in [1.29, 1.82) is 5.26 Å². The minimum Gasteiger partial charge on any atom is -0.309 e. The van der Waals surface area contributed by atoms with Crippen LogP contribution >= 0.6 is 0 Å². The quantitative estimate of drug-likeness (QED) is 0.212. The van der Waals surface area contributed by atoms with Crippen LogP contribution in [0.15, 0.2) is 84.9 Å². The predicted octanol–water partition coefficient (Wildman–Crippen LogP) is 8.41. The van der Waals surface area contributed by atoms with Crippen LogP contribution in [0.4, 0.5) is 5.69 Å². The van der Waals surface area contributed by atoms with Gasteiger partial charge in [-0.1, -0.05) is 54.6 Å². The first-order valence-corrected chi connectivity index (χ1v) is 11.9. The maximum Gasteiger partial charge on any atom is 0.197 e. The highest BCUT2D eigenvalue weighted by atomic mass is 14.9. The third-order valence-corrected chi connectivity index (χ3v) is 8.03. The molecule has 0 atom stereocenters. The van der Waals surface area contributed by atoms with Gasteiger partial charge in [0.15, 0.2) is 5.69 Å². The molecule has 0 fully saturated rings. The van der Waals surface area contributed by atoms with Crippen molar-refractivity contribution in [1.82, 2.24) is 8.80 Å². The molecule has 9 rings (SSSR count). The van der Waals surface area contributed by atoms with Crippen molar-refractivity contribution in [3.63, 3.8) is 0 Å². The Morgan fingerprint density at radius 3 is 1.75 bits per heavy atom. The van der Waals surface area contributed by atoms with Gasteiger partial charge < -0.3 is 8.80 Å². The van der Waals surface area contributed by atoms with E-state index >= 15 is 0 Å². The first-order valence-electron chi connectivity index (χ1n) is 11.9. The summed E-state index contributed by atoms with van der Waals surface area (Å²) in [5, 5.41) is 18.8. The highest BCUT2D eigenvalue weighted by Crippen LogP contribution is 2.46. The molecule has 0 saturated carbocycles. The predicted molar refractivity (Wildman–Crippen MR) is 147 cm³/mol. The zero-order valence-corrected chi connectivity index (χ0v) is 18.9. The standard InChI is InChI=1S/C32H14N4/c1-34-24-13-12-19-23-15-27-22(14-28(23)36-26-9-5-3-7-21(26)30(24)32(19)36)18-11-10-17(16-33)29-20-6-2-4-8-25(20)35(27)31(18)29/h2-15H. The van der Waals surface area contributed by atoms with Gasteiger partial charge in [0, 0.05) is 37.7 Å². The molecular weight excluding hydrogens is 440 g/mol. The Morgan fingerprint density at radius 1 is 0.583 bits per heavy atom. The summed E-state index contributed by atoms with van der Waals surface area (Å²) >= 11 is 0. The fourth-order valence-electron chi connectivity index (χ4n) is 6.68. The van der Waals surface area contributed by atoms with Gasteiger partial charge in [-0.25, -0.2) is 4.85 Å². The van der Waals surface area contributed by atoms with Gasteiger partial charge in [0.1, 0.15) is 0 Å². The molecule has 4 heterocycles. The zero-order chi connectivity index (χ0) is 23.7. The van der Waals surface area contributed by atoms with E-state index in [2.05, 4.69) is 80.4 Å². The summed E-state index contributed by atoms with van der Waals surface area (Å²) in [5.41, 5.74) is 8.15. The Hall–Kier alpha value is -5.32. The minimum absolute atomic E-state index is 0.691. The first-order chi connectivity index (χ1) is 17.8.